The second-order valence-electron chi connectivity index (χ2n) is 2.45. The van der Waals surface area contributed by atoms with E-state index in [1.165, 1.54) is 0 Å². The standard InChI is InChI=1S/C9H14Br2O/c1-3-4-5-6-8(12-2)7-9(10)11/h3,7-8H,1,4-6H2,2H3/t8-/m0/s1. The van der Waals surface area contributed by atoms with Gasteiger partial charge in [-0.2, -0.15) is 0 Å². The van der Waals surface area contributed by atoms with Crippen LogP contribution in [0.3, 0.4) is 0 Å². The quantitative estimate of drug-likeness (QED) is 0.532. The molecule has 0 aliphatic rings. The first-order valence-corrected chi connectivity index (χ1v) is 5.45. The van der Waals surface area contributed by atoms with Gasteiger partial charge in [0, 0.05) is 7.11 Å². The average molecular weight is 298 g/mol. The zero-order valence-corrected chi connectivity index (χ0v) is 10.4. The van der Waals surface area contributed by atoms with Crippen molar-refractivity contribution in [3.05, 3.63) is 22.1 Å². The average Bonchev–Trinajstić information content (AvgIpc) is 2.02. The minimum Gasteiger partial charge on any atom is -0.377 e. The molecule has 0 fully saturated rings. The summed E-state index contributed by atoms with van der Waals surface area (Å²) in [6, 6.07) is 0. The minimum atomic E-state index is 0.193. The number of hydrogen-bond acceptors (Lipinski definition) is 1. The predicted octanol–water partition coefficient (Wildman–Crippen LogP) is 3.99. The van der Waals surface area contributed by atoms with E-state index in [-0.39, 0.29) is 6.10 Å². The summed E-state index contributed by atoms with van der Waals surface area (Å²) >= 11 is 6.60. The van der Waals surface area contributed by atoms with Crippen LogP contribution < -0.4 is 0 Å². The SMILES string of the molecule is C=CCCC[C@@H](C=C(Br)Br)OC. The molecule has 0 aromatic rings. The van der Waals surface area contributed by atoms with Gasteiger partial charge < -0.3 is 4.74 Å². The van der Waals surface area contributed by atoms with Crippen molar-refractivity contribution in [1.29, 1.82) is 0 Å². The van der Waals surface area contributed by atoms with Crippen LogP contribution in [0.15, 0.2) is 22.1 Å². The second kappa shape index (κ2) is 8.02. The molecule has 1 nitrogen and oxygen atoms in total. The van der Waals surface area contributed by atoms with Crippen molar-refractivity contribution in [1.82, 2.24) is 0 Å². The van der Waals surface area contributed by atoms with Gasteiger partial charge in [-0.3, -0.25) is 0 Å². The topological polar surface area (TPSA) is 9.23 Å². The van der Waals surface area contributed by atoms with Crippen LogP contribution in [0.5, 0.6) is 0 Å². The number of hydrogen-bond donors (Lipinski definition) is 0. The first-order valence-electron chi connectivity index (χ1n) is 3.87. The first kappa shape index (κ1) is 12.4. The lowest BCUT2D eigenvalue weighted by atomic mass is 10.1. The van der Waals surface area contributed by atoms with Gasteiger partial charge in [-0.25, -0.2) is 0 Å². The number of rotatable bonds is 6. The number of allylic oxidation sites excluding steroid dienone is 1. The zero-order chi connectivity index (χ0) is 9.40. The number of methoxy groups -OCH3 is 1. The maximum atomic E-state index is 5.24. The van der Waals surface area contributed by atoms with Gasteiger partial charge >= 0.3 is 0 Å². The molecular weight excluding hydrogens is 284 g/mol. The summed E-state index contributed by atoms with van der Waals surface area (Å²) in [6.07, 6.45) is 7.32. The first-order chi connectivity index (χ1) is 5.70. The van der Waals surface area contributed by atoms with Gasteiger partial charge in [-0.1, -0.05) is 6.08 Å². The molecule has 0 spiro atoms. The molecule has 0 aromatic heterocycles. The van der Waals surface area contributed by atoms with Gasteiger partial charge in [0.25, 0.3) is 0 Å². The van der Waals surface area contributed by atoms with E-state index in [2.05, 4.69) is 38.4 Å². The fraction of sp³-hybridized carbons (Fsp3) is 0.556. The van der Waals surface area contributed by atoms with Crippen LogP contribution in [0.25, 0.3) is 0 Å². The van der Waals surface area contributed by atoms with Gasteiger partial charge in [0.2, 0.25) is 0 Å². The zero-order valence-electron chi connectivity index (χ0n) is 7.22. The van der Waals surface area contributed by atoms with E-state index in [0.29, 0.717) is 0 Å². The molecule has 0 N–H and O–H groups in total. The summed E-state index contributed by atoms with van der Waals surface area (Å²) < 4.78 is 6.18. The van der Waals surface area contributed by atoms with Crippen LogP contribution in [0.2, 0.25) is 0 Å². The Hall–Kier alpha value is 0.400. The van der Waals surface area contributed by atoms with Crippen LogP contribution in [0, 0.1) is 0 Å². The van der Waals surface area contributed by atoms with Gasteiger partial charge in [0.1, 0.15) is 0 Å². The Balaban J connectivity index is 3.67. The Bertz CT molecular complexity index is 151. The van der Waals surface area contributed by atoms with Crippen LogP contribution in [-0.4, -0.2) is 13.2 Å². The van der Waals surface area contributed by atoms with Crippen molar-refractivity contribution in [2.45, 2.75) is 25.4 Å². The van der Waals surface area contributed by atoms with Gasteiger partial charge in [-0.15, -0.1) is 6.58 Å². The Labute approximate surface area is 91.1 Å². The lowest BCUT2D eigenvalue weighted by Crippen LogP contribution is -2.06. The minimum absolute atomic E-state index is 0.193. The fourth-order valence-corrected chi connectivity index (χ4v) is 1.46. The summed E-state index contributed by atoms with van der Waals surface area (Å²) in [7, 11) is 1.72. The molecule has 3 heteroatoms. The fourth-order valence-electron chi connectivity index (χ4n) is 0.873. The molecule has 0 radical (unpaired) electrons. The number of unbranched alkanes of at least 4 members (excludes halogenated alkanes) is 1. The van der Waals surface area contributed by atoms with Gasteiger partial charge in [0.15, 0.2) is 0 Å². The Morgan fingerprint density at radius 3 is 2.67 bits per heavy atom. The predicted molar refractivity (Wildman–Crippen MR) is 60.8 cm³/mol. The maximum absolute atomic E-state index is 5.24. The molecule has 70 valence electrons. The molecule has 0 aromatic carbocycles. The molecular formula is C9H14Br2O. The summed E-state index contributed by atoms with van der Waals surface area (Å²) in [5.74, 6) is 0. The molecule has 0 rings (SSSR count). The lowest BCUT2D eigenvalue weighted by molar-refractivity contribution is 0.132. The molecule has 0 heterocycles. The highest BCUT2D eigenvalue weighted by Crippen LogP contribution is 2.17. The molecule has 0 amide bonds. The third-order valence-electron chi connectivity index (χ3n) is 1.51. The van der Waals surface area contributed by atoms with E-state index in [1.54, 1.807) is 7.11 Å². The summed E-state index contributed by atoms with van der Waals surface area (Å²) in [6.45, 7) is 3.67. The van der Waals surface area contributed by atoms with Crippen molar-refractivity contribution < 1.29 is 4.74 Å². The van der Waals surface area contributed by atoms with E-state index < -0.39 is 0 Å². The van der Waals surface area contributed by atoms with Crippen LogP contribution in [0.1, 0.15) is 19.3 Å². The smallest absolute Gasteiger partial charge is 0.0771 e. The Morgan fingerprint density at radius 1 is 1.58 bits per heavy atom. The Kier molecular flexibility index (Phi) is 8.29. The number of halogens is 2. The van der Waals surface area contributed by atoms with Crippen LogP contribution >= 0.6 is 31.9 Å². The van der Waals surface area contributed by atoms with E-state index in [1.807, 2.05) is 12.2 Å². The highest BCUT2D eigenvalue weighted by atomic mass is 79.9. The third kappa shape index (κ3) is 7.07. The normalized spacial score (nSPS) is 12.2. The molecule has 0 saturated heterocycles. The second-order valence-corrected chi connectivity index (χ2v) is 5.22. The summed E-state index contributed by atoms with van der Waals surface area (Å²) in [5, 5.41) is 0. The lowest BCUT2D eigenvalue weighted by Gasteiger charge is -2.09. The van der Waals surface area contributed by atoms with Crippen molar-refractivity contribution >= 4 is 31.9 Å². The van der Waals surface area contributed by atoms with E-state index in [9.17, 15) is 0 Å². The number of ether oxygens (including phenoxy) is 1. The molecule has 12 heavy (non-hydrogen) atoms. The molecule has 0 unspecified atom stereocenters. The highest BCUT2D eigenvalue weighted by molar-refractivity contribution is 9.28. The van der Waals surface area contributed by atoms with Gasteiger partial charge in [0.05, 0.1) is 9.50 Å². The monoisotopic (exact) mass is 296 g/mol. The largest absolute Gasteiger partial charge is 0.377 e. The van der Waals surface area contributed by atoms with E-state index in [0.717, 1.165) is 22.7 Å². The van der Waals surface area contributed by atoms with Crippen molar-refractivity contribution in [2.24, 2.45) is 0 Å². The van der Waals surface area contributed by atoms with E-state index >= 15 is 0 Å². The van der Waals surface area contributed by atoms with Crippen LogP contribution in [-0.2, 0) is 4.74 Å². The maximum Gasteiger partial charge on any atom is 0.0771 e. The molecule has 0 aliphatic heterocycles. The van der Waals surface area contributed by atoms with Crippen molar-refractivity contribution in [2.75, 3.05) is 7.11 Å². The van der Waals surface area contributed by atoms with Gasteiger partial charge in [-0.05, 0) is 57.2 Å². The highest BCUT2D eigenvalue weighted by Gasteiger charge is 2.02. The summed E-state index contributed by atoms with van der Waals surface area (Å²) in [4.78, 5) is 0. The summed E-state index contributed by atoms with van der Waals surface area (Å²) in [5.41, 5.74) is 0. The Morgan fingerprint density at radius 2 is 2.25 bits per heavy atom. The van der Waals surface area contributed by atoms with Crippen molar-refractivity contribution in [3.8, 4) is 0 Å². The molecule has 0 saturated carbocycles. The van der Waals surface area contributed by atoms with Crippen molar-refractivity contribution in [3.63, 3.8) is 0 Å². The van der Waals surface area contributed by atoms with Crippen LogP contribution in [0.4, 0.5) is 0 Å². The third-order valence-corrected chi connectivity index (χ3v) is 2.04. The molecule has 0 bridgehead atoms. The molecule has 1 atom stereocenters. The van der Waals surface area contributed by atoms with E-state index in [4.69, 9.17) is 4.74 Å². The molecule has 0 aliphatic carbocycles.